The maximum Gasteiger partial charge on any atom is 0.217 e. The van der Waals surface area contributed by atoms with Gasteiger partial charge in [0.25, 0.3) is 0 Å². The van der Waals surface area contributed by atoms with E-state index in [0.29, 0.717) is 36.7 Å². The second-order valence-corrected chi connectivity index (χ2v) is 21.9. The third kappa shape index (κ3) is 8.98. The molecule has 0 aliphatic heterocycles. The van der Waals surface area contributed by atoms with Crippen LogP contribution in [0.2, 0.25) is 0 Å². The zero-order chi connectivity index (χ0) is 40.0. The summed E-state index contributed by atoms with van der Waals surface area (Å²) < 4.78 is 54.0. The van der Waals surface area contributed by atoms with E-state index in [9.17, 15) is 27.0 Å². The highest BCUT2D eigenvalue weighted by atomic mass is 32.2. The van der Waals surface area contributed by atoms with Crippen LogP contribution in [0.1, 0.15) is 89.7 Å². The van der Waals surface area contributed by atoms with Crippen LogP contribution in [-0.4, -0.2) is 42.0 Å². The molecule has 0 bridgehead atoms. The number of benzene rings is 3. The first-order chi connectivity index (χ1) is 25.7. The molecule has 13 heteroatoms. The van der Waals surface area contributed by atoms with Crippen LogP contribution in [0, 0.1) is 0 Å². The Morgan fingerprint density at radius 1 is 0.582 bits per heavy atom. The van der Waals surface area contributed by atoms with Crippen molar-refractivity contribution < 1.29 is 27.0 Å². The maximum atomic E-state index is 13.4. The number of rotatable bonds is 9. The Balaban J connectivity index is 0.000000187. The van der Waals surface area contributed by atoms with Gasteiger partial charge in [0.1, 0.15) is 18.4 Å². The molecule has 6 aromatic rings. The minimum Gasteiger partial charge on any atom is -0.386 e. The van der Waals surface area contributed by atoms with E-state index in [1.54, 1.807) is 88.6 Å². The van der Waals surface area contributed by atoms with Gasteiger partial charge in [-0.2, -0.15) is 0 Å². The molecular weight excluding hydrogens is 771 g/mol. The largest absolute Gasteiger partial charge is 0.386 e. The fraction of sp³-hybridized carbons (Fsp3) is 0.310. The summed E-state index contributed by atoms with van der Waals surface area (Å²) >= 11 is 2.42. The Kier molecular flexibility index (Phi) is 11.1. The smallest absolute Gasteiger partial charge is 0.217 e. The minimum absolute atomic E-state index is 0.203. The predicted octanol–water partition coefficient (Wildman–Crippen LogP) is 9.31. The van der Waals surface area contributed by atoms with Crippen molar-refractivity contribution in [1.29, 1.82) is 0 Å². The Morgan fingerprint density at radius 3 is 1.47 bits per heavy atom. The number of pyridine rings is 1. The van der Waals surface area contributed by atoms with Crippen LogP contribution < -0.4 is 0 Å². The average molecular weight is 816 g/mol. The average Bonchev–Trinajstić information content (AvgIpc) is 3.69. The van der Waals surface area contributed by atoms with Crippen molar-refractivity contribution in [2.24, 2.45) is 0 Å². The summed E-state index contributed by atoms with van der Waals surface area (Å²) in [7, 11) is -7.39. The van der Waals surface area contributed by atoms with Gasteiger partial charge >= 0.3 is 0 Å². The van der Waals surface area contributed by atoms with Gasteiger partial charge in [0, 0.05) is 34.9 Å². The molecule has 0 saturated heterocycles. The quantitative estimate of drug-likeness (QED) is 0.146. The molecule has 0 radical (unpaired) electrons. The van der Waals surface area contributed by atoms with E-state index in [0.717, 1.165) is 24.0 Å². The molecule has 1 saturated carbocycles. The lowest BCUT2D eigenvalue weighted by atomic mass is 9.93. The summed E-state index contributed by atoms with van der Waals surface area (Å²) in [5.74, 6) is 0.220. The first kappa shape index (κ1) is 40.6. The highest BCUT2D eigenvalue weighted by molar-refractivity contribution is 7.94. The molecule has 0 amide bonds. The van der Waals surface area contributed by atoms with Gasteiger partial charge in [0.2, 0.25) is 19.7 Å². The summed E-state index contributed by atoms with van der Waals surface area (Å²) in [6.45, 7) is 12.6. The second-order valence-electron chi connectivity index (χ2n) is 15.6. The van der Waals surface area contributed by atoms with Crippen molar-refractivity contribution in [2.45, 2.75) is 102 Å². The van der Waals surface area contributed by atoms with Gasteiger partial charge in [-0.15, -0.1) is 22.7 Å². The lowest BCUT2D eigenvalue weighted by Gasteiger charge is -2.19. The number of nitrogens with zero attached hydrogens (tertiary/aromatic N) is 3. The predicted molar refractivity (Wildman–Crippen MR) is 218 cm³/mol. The maximum absolute atomic E-state index is 13.4. The molecule has 1 fully saturated rings. The van der Waals surface area contributed by atoms with Gasteiger partial charge in [0.05, 0.1) is 32.4 Å². The van der Waals surface area contributed by atoms with Gasteiger partial charge in [0.15, 0.2) is 0 Å². The van der Waals surface area contributed by atoms with E-state index in [-0.39, 0.29) is 19.9 Å². The molecule has 9 nitrogen and oxygen atoms in total. The van der Waals surface area contributed by atoms with E-state index < -0.39 is 36.3 Å². The standard InChI is InChI=1S/C22H25NO3S2.C20H20N2O3S2/c1-21(2,3)18-20(27-19(23-18)15-9-7-6-8-10-15)28(25,26)17-13-11-16(12-14-17)22(4,5)24;1-20(2,23)15-5-7-16(8-6-15)27(24,25)19-17(13-3-4-13)22-18(26-19)14-9-11-21-12-10-14/h6-14,24H,1-5H3;5-13,23H,3-4H2,1-2H3. The monoisotopic (exact) mass is 815 g/mol. The van der Waals surface area contributed by atoms with Crippen LogP contribution in [0.15, 0.2) is 122 Å². The molecule has 2 N–H and O–H groups in total. The first-order valence-electron chi connectivity index (χ1n) is 17.8. The fourth-order valence-electron chi connectivity index (χ4n) is 5.71. The van der Waals surface area contributed by atoms with Gasteiger partial charge in [-0.3, -0.25) is 4.98 Å². The molecule has 3 heterocycles. The summed E-state index contributed by atoms with van der Waals surface area (Å²) in [5, 5.41) is 21.6. The Morgan fingerprint density at radius 2 is 1.02 bits per heavy atom. The van der Waals surface area contributed by atoms with Gasteiger partial charge in [-0.1, -0.05) is 75.4 Å². The van der Waals surface area contributed by atoms with Gasteiger partial charge < -0.3 is 10.2 Å². The van der Waals surface area contributed by atoms with Crippen molar-refractivity contribution in [3.05, 3.63) is 126 Å². The molecule has 0 atom stereocenters. The summed E-state index contributed by atoms with van der Waals surface area (Å²) in [6.07, 6.45) is 5.30. The summed E-state index contributed by atoms with van der Waals surface area (Å²) in [4.78, 5) is 13.8. The zero-order valence-electron chi connectivity index (χ0n) is 31.8. The third-order valence-electron chi connectivity index (χ3n) is 9.07. The molecule has 3 aromatic heterocycles. The molecular formula is C42H45N3O6S4. The Bertz CT molecular complexity index is 2490. The molecule has 55 heavy (non-hydrogen) atoms. The molecule has 3 aromatic carbocycles. The van der Waals surface area contributed by atoms with E-state index in [1.165, 1.54) is 22.7 Å². The van der Waals surface area contributed by atoms with Crippen LogP contribution >= 0.6 is 22.7 Å². The van der Waals surface area contributed by atoms with Crippen molar-refractivity contribution in [1.82, 2.24) is 15.0 Å². The van der Waals surface area contributed by atoms with Crippen LogP contribution in [0.4, 0.5) is 0 Å². The number of hydrogen-bond acceptors (Lipinski definition) is 11. The van der Waals surface area contributed by atoms with Crippen LogP contribution in [0.3, 0.4) is 0 Å². The SMILES string of the molecule is CC(C)(C)c1nc(-c2ccccc2)sc1S(=O)(=O)c1ccc(C(C)(C)O)cc1.CC(C)(O)c1ccc(S(=O)(=O)c2sc(-c3ccncc3)nc2C2CC2)cc1. The van der Waals surface area contributed by atoms with Crippen LogP contribution in [-0.2, 0) is 36.3 Å². The fourth-order valence-corrected chi connectivity index (χ4v) is 12.1. The van der Waals surface area contributed by atoms with E-state index >= 15 is 0 Å². The zero-order valence-corrected chi connectivity index (χ0v) is 35.1. The van der Waals surface area contributed by atoms with E-state index in [2.05, 4.69) is 9.97 Å². The van der Waals surface area contributed by atoms with E-state index in [1.807, 2.05) is 63.2 Å². The van der Waals surface area contributed by atoms with Crippen LogP contribution in [0.25, 0.3) is 21.1 Å². The van der Waals surface area contributed by atoms with Crippen molar-refractivity contribution >= 4 is 42.3 Å². The molecule has 1 aliphatic carbocycles. The number of aliphatic hydroxyl groups is 2. The number of hydrogen-bond donors (Lipinski definition) is 2. The first-order valence-corrected chi connectivity index (χ1v) is 22.4. The van der Waals surface area contributed by atoms with Crippen LogP contribution in [0.5, 0.6) is 0 Å². The molecule has 1 aliphatic rings. The summed E-state index contributed by atoms with van der Waals surface area (Å²) in [6, 6.07) is 26.1. The topological polar surface area (TPSA) is 147 Å². The van der Waals surface area contributed by atoms with Crippen molar-refractivity contribution in [3.8, 4) is 21.1 Å². The molecule has 0 spiro atoms. The van der Waals surface area contributed by atoms with E-state index in [4.69, 9.17) is 4.98 Å². The number of sulfone groups is 2. The van der Waals surface area contributed by atoms with Gasteiger partial charge in [-0.25, -0.2) is 26.8 Å². The normalized spacial score (nSPS) is 14.0. The highest BCUT2D eigenvalue weighted by Gasteiger charge is 2.36. The Hall–Kier alpha value is -4.11. The third-order valence-corrected chi connectivity index (χ3v) is 15.9. The van der Waals surface area contributed by atoms with Crippen molar-refractivity contribution in [2.75, 3.05) is 0 Å². The number of thiazole rings is 2. The lowest BCUT2D eigenvalue weighted by molar-refractivity contribution is 0.0780. The molecule has 7 rings (SSSR count). The second kappa shape index (κ2) is 15.1. The van der Waals surface area contributed by atoms with Gasteiger partial charge in [-0.05, 0) is 88.1 Å². The molecule has 0 unspecified atom stereocenters. The molecule has 288 valence electrons. The number of aromatic nitrogens is 3. The lowest BCUT2D eigenvalue weighted by Crippen LogP contribution is -2.17. The minimum atomic E-state index is -3.73. The Labute approximate surface area is 331 Å². The highest BCUT2D eigenvalue weighted by Crippen LogP contribution is 2.47. The van der Waals surface area contributed by atoms with Crippen molar-refractivity contribution in [3.63, 3.8) is 0 Å². The summed E-state index contributed by atoms with van der Waals surface area (Å²) in [5.41, 5.74) is 1.90.